The summed E-state index contributed by atoms with van der Waals surface area (Å²) in [7, 11) is 1.66. The lowest BCUT2D eigenvalue weighted by Crippen LogP contribution is -2.14. The van der Waals surface area contributed by atoms with E-state index in [0.29, 0.717) is 24.8 Å². The summed E-state index contributed by atoms with van der Waals surface area (Å²) < 4.78 is 7.70. The van der Waals surface area contributed by atoms with Gasteiger partial charge in [0.05, 0.1) is 29.5 Å². The van der Waals surface area contributed by atoms with E-state index in [-0.39, 0.29) is 0 Å². The molecular formula is C12H21BrN2O2S. The van der Waals surface area contributed by atoms with Crippen molar-refractivity contribution in [2.75, 3.05) is 25.2 Å². The van der Waals surface area contributed by atoms with Crippen LogP contribution in [-0.4, -0.2) is 40.1 Å². The highest BCUT2D eigenvalue weighted by Gasteiger charge is 2.17. The van der Waals surface area contributed by atoms with Crippen molar-refractivity contribution in [2.24, 2.45) is 5.92 Å². The maximum absolute atomic E-state index is 10.2. The molecule has 0 aliphatic rings. The summed E-state index contributed by atoms with van der Waals surface area (Å²) in [5, 5.41) is 14.5. The quantitative estimate of drug-likeness (QED) is 0.792. The van der Waals surface area contributed by atoms with E-state index in [4.69, 9.17) is 4.74 Å². The average molecular weight is 337 g/mol. The number of thioether (sulfide) groups is 1. The molecule has 0 fully saturated rings. The van der Waals surface area contributed by atoms with Gasteiger partial charge in [0.15, 0.2) is 0 Å². The molecule has 1 aromatic rings. The average Bonchev–Trinajstić information content (AvgIpc) is 2.67. The summed E-state index contributed by atoms with van der Waals surface area (Å²) in [5.74, 6) is 2.39. The number of methoxy groups -OCH3 is 1. The maximum atomic E-state index is 10.2. The predicted molar refractivity (Wildman–Crippen MR) is 78.9 cm³/mol. The minimum absolute atomic E-state index is 0.498. The molecular weight excluding hydrogens is 316 g/mol. The third-order valence-corrected chi connectivity index (χ3v) is 4.45. The Bertz CT molecular complexity index is 358. The number of aliphatic hydroxyl groups excluding tert-OH is 1. The normalized spacial score (nSPS) is 13.2. The van der Waals surface area contributed by atoms with Crippen LogP contribution in [0.5, 0.6) is 0 Å². The molecule has 1 aromatic heterocycles. The van der Waals surface area contributed by atoms with E-state index in [1.807, 2.05) is 0 Å². The number of hydrogen-bond acceptors (Lipinski definition) is 4. The summed E-state index contributed by atoms with van der Waals surface area (Å²) in [5.41, 5.74) is 0.836. The van der Waals surface area contributed by atoms with Crippen LogP contribution in [0.15, 0.2) is 10.7 Å². The van der Waals surface area contributed by atoms with E-state index in [2.05, 4.69) is 34.9 Å². The Hall–Kier alpha value is -0.0400. The monoisotopic (exact) mass is 336 g/mol. The molecule has 104 valence electrons. The molecule has 0 spiro atoms. The summed E-state index contributed by atoms with van der Waals surface area (Å²) >= 11 is 5.20. The molecule has 1 heterocycles. The number of rotatable bonds is 8. The zero-order valence-electron chi connectivity index (χ0n) is 11.1. The van der Waals surface area contributed by atoms with Crippen molar-refractivity contribution in [2.45, 2.75) is 26.5 Å². The molecule has 0 aromatic carbocycles. The topological polar surface area (TPSA) is 47.3 Å². The number of nitrogens with zero attached hydrogens (tertiary/aromatic N) is 2. The van der Waals surface area contributed by atoms with E-state index >= 15 is 0 Å². The first kappa shape index (κ1) is 16.0. The van der Waals surface area contributed by atoms with Gasteiger partial charge in [0.25, 0.3) is 0 Å². The van der Waals surface area contributed by atoms with Gasteiger partial charge in [-0.05, 0) is 27.6 Å². The van der Waals surface area contributed by atoms with E-state index in [0.717, 1.165) is 15.9 Å². The van der Waals surface area contributed by atoms with Crippen molar-refractivity contribution in [3.63, 3.8) is 0 Å². The molecule has 0 aliphatic heterocycles. The van der Waals surface area contributed by atoms with Gasteiger partial charge in [0.2, 0.25) is 0 Å². The van der Waals surface area contributed by atoms with Gasteiger partial charge in [0, 0.05) is 12.9 Å². The van der Waals surface area contributed by atoms with E-state index in [9.17, 15) is 5.11 Å². The van der Waals surface area contributed by atoms with Gasteiger partial charge in [0.1, 0.15) is 6.10 Å². The van der Waals surface area contributed by atoms with Crippen LogP contribution in [0.1, 0.15) is 25.6 Å². The highest BCUT2D eigenvalue weighted by Crippen LogP contribution is 2.26. The zero-order valence-corrected chi connectivity index (χ0v) is 13.5. The second kappa shape index (κ2) is 8.19. The second-order valence-electron chi connectivity index (χ2n) is 4.54. The van der Waals surface area contributed by atoms with Gasteiger partial charge < -0.3 is 9.84 Å². The predicted octanol–water partition coefficient (Wildman–Crippen LogP) is 2.71. The highest BCUT2D eigenvalue weighted by atomic mass is 79.9. The number of halogens is 1. The molecule has 0 radical (unpaired) electrons. The molecule has 1 N–H and O–H groups in total. The largest absolute Gasteiger partial charge is 0.386 e. The van der Waals surface area contributed by atoms with Crippen molar-refractivity contribution in [1.82, 2.24) is 9.78 Å². The first-order valence-electron chi connectivity index (χ1n) is 6.02. The van der Waals surface area contributed by atoms with Crippen LogP contribution >= 0.6 is 27.7 Å². The Labute approximate surface area is 121 Å². The highest BCUT2D eigenvalue weighted by molar-refractivity contribution is 9.10. The van der Waals surface area contributed by atoms with Gasteiger partial charge in [-0.15, -0.1) is 0 Å². The Morgan fingerprint density at radius 1 is 1.50 bits per heavy atom. The van der Waals surface area contributed by atoms with Crippen LogP contribution in [0.3, 0.4) is 0 Å². The molecule has 0 bridgehead atoms. The lowest BCUT2D eigenvalue weighted by molar-refractivity contribution is 0.166. The Balaban J connectivity index is 2.59. The van der Waals surface area contributed by atoms with Gasteiger partial charge in [-0.3, -0.25) is 4.68 Å². The van der Waals surface area contributed by atoms with Crippen LogP contribution in [0, 0.1) is 5.92 Å². The summed E-state index contributed by atoms with van der Waals surface area (Å²) in [6.45, 7) is 5.60. The van der Waals surface area contributed by atoms with Crippen molar-refractivity contribution >= 4 is 27.7 Å². The van der Waals surface area contributed by atoms with Crippen LogP contribution in [0.2, 0.25) is 0 Å². The second-order valence-corrected chi connectivity index (χ2v) is 6.47. The van der Waals surface area contributed by atoms with Gasteiger partial charge in [-0.25, -0.2) is 0 Å². The third-order valence-electron chi connectivity index (χ3n) is 2.38. The van der Waals surface area contributed by atoms with Crippen LogP contribution < -0.4 is 0 Å². The Morgan fingerprint density at radius 3 is 2.83 bits per heavy atom. The standard InChI is InChI=1S/C12H21BrN2O2S/c1-9(2)7-18-8-11(16)12-10(13)6-14-15(12)4-5-17-3/h6,9,11,16H,4-5,7-8H2,1-3H3. The fourth-order valence-corrected chi connectivity index (χ4v) is 3.10. The summed E-state index contributed by atoms with van der Waals surface area (Å²) in [4.78, 5) is 0. The molecule has 0 saturated heterocycles. The lowest BCUT2D eigenvalue weighted by Gasteiger charge is -2.14. The first-order valence-corrected chi connectivity index (χ1v) is 7.97. The number of aliphatic hydroxyl groups is 1. The fourth-order valence-electron chi connectivity index (χ4n) is 1.55. The number of hydrogen-bond donors (Lipinski definition) is 1. The van der Waals surface area contributed by atoms with Crippen LogP contribution in [-0.2, 0) is 11.3 Å². The smallest absolute Gasteiger partial charge is 0.106 e. The van der Waals surface area contributed by atoms with Crippen LogP contribution in [0.4, 0.5) is 0 Å². The minimum Gasteiger partial charge on any atom is -0.386 e. The van der Waals surface area contributed by atoms with Crippen LogP contribution in [0.25, 0.3) is 0 Å². The molecule has 1 unspecified atom stereocenters. The number of ether oxygens (including phenoxy) is 1. The minimum atomic E-state index is -0.498. The number of aromatic nitrogens is 2. The van der Waals surface area contributed by atoms with Gasteiger partial charge in [-0.2, -0.15) is 16.9 Å². The van der Waals surface area contributed by atoms with E-state index in [1.54, 1.807) is 29.8 Å². The zero-order chi connectivity index (χ0) is 13.5. The third kappa shape index (κ3) is 4.91. The summed E-state index contributed by atoms with van der Waals surface area (Å²) in [6, 6.07) is 0. The molecule has 6 heteroatoms. The molecule has 4 nitrogen and oxygen atoms in total. The van der Waals surface area contributed by atoms with Crippen molar-refractivity contribution in [3.05, 3.63) is 16.4 Å². The van der Waals surface area contributed by atoms with Crippen molar-refractivity contribution in [1.29, 1.82) is 0 Å². The van der Waals surface area contributed by atoms with Gasteiger partial charge >= 0.3 is 0 Å². The van der Waals surface area contributed by atoms with E-state index in [1.165, 1.54) is 0 Å². The molecule has 0 amide bonds. The molecule has 18 heavy (non-hydrogen) atoms. The first-order chi connectivity index (χ1) is 8.56. The Morgan fingerprint density at radius 2 is 2.22 bits per heavy atom. The molecule has 1 rings (SSSR count). The molecule has 0 aliphatic carbocycles. The molecule has 1 atom stereocenters. The molecule has 0 saturated carbocycles. The summed E-state index contributed by atoms with van der Waals surface area (Å²) in [6.07, 6.45) is 1.23. The van der Waals surface area contributed by atoms with Crippen molar-refractivity contribution in [3.8, 4) is 0 Å². The lowest BCUT2D eigenvalue weighted by atomic mass is 10.3. The van der Waals surface area contributed by atoms with Crippen molar-refractivity contribution < 1.29 is 9.84 Å². The fraction of sp³-hybridized carbons (Fsp3) is 0.750. The van der Waals surface area contributed by atoms with E-state index < -0.39 is 6.10 Å². The maximum Gasteiger partial charge on any atom is 0.106 e. The SMILES string of the molecule is COCCn1ncc(Br)c1C(O)CSCC(C)C. The van der Waals surface area contributed by atoms with Gasteiger partial charge in [-0.1, -0.05) is 13.8 Å². The Kier molecular flexibility index (Phi) is 7.29.